The van der Waals surface area contributed by atoms with Gasteiger partial charge in [0.05, 0.1) is 34.4 Å². The fourth-order valence-corrected chi connectivity index (χ4v) is 2.61. The molecule has 0 saturated heterocycles. The molecule has 0 aliphatic carbocycles. The van der Waals surface area contributed by atoms with Gasteiger partial charge in [-0.25, -0.2) is 4.79 Å². The molecule has 0 saturated carbocycles. The molecule has 0 bridgehead atoms. The average Bonchev–Trinajstić information content (AvgIpc) is 2.65. The highest BCUT2D eigenvalue weighted by Gasteiger charge is 2.17. The van der Waals surface area contributed by atoms with Crippen LogP contribution in [0.2, 0.25) is 0 Å². The number of carbonyl (C=O) groups is 1. The molecule has 132 valence electrons. The van der Waals surface area contributed by atoms with E-state index < -0.39 is 10.9 Å². The van der Waals surface area contributed by atoms with Gasteiger partial charge in [0.2, 0.25) is 0 Å². The number of nitro groups is 1. The van der Waals surface area contributed by atoms with Gasteiger partial charge in [-0.1, -0.05) is 12.1 Å². The molecule has 0 atom stereocenters. The topological polar surface area (TPSA) is 91.6 Å². The third-order valence-electron chi connectivity index (χ3n) is 3.98. The van der Waals surface area contributed by atoms with Crippen molar-refractivity contribution in [2.45, 2.75) is 13.5 Å². The highest BCUT2D eigenvalue weighted by atomic mass is 16.6. The van der Waals surface area contributed by atoms with Crippen LogP contribution in [0.25, 0.3) is 10.9 Å². The number of benzene rings is 2. The molecule has 0 N–H and O–H groups in total. The Morgan fingerprint density at radius 2 is 1.96 bits per heavy atom. The Morgan fingerprint density at radius 3 is 2.69 bits per heavy atom. The normalized spacial score (nSPS) is 10.5. The molecule has 2 aromatic carbocycles. The van der Waals surface area contributed by atoms with Gasteiger partial charge < -0.3 is 9.47 Å². The van der Waals surface area contributed by atoms with E-state index in [1.165, 1.54) is 6.07 Å². The number of nitro benzene ring substituents is 1. The summed E-state index contributed by atoms with van der Waals surface area (Å²) in [4.78, 5) is 27.4. The van der Waals surface area contributed by atoms with E-state index in [1.54, 1.807) is 56.5 Å². The average molecular weight is 352 g/mol. The first-order valence-electron chi connectivity index (χ1n) is 7.84. The summed E-state index contributed by atoms with van der Waals surface area (Å²) < 4.78 is 10.4. The number of ether oxygens (including phenoxy) is 2. The van der Waals surface area contributed by atoms with Crippen LogP contribution < -0.4 is 4.74 Å². The molecule has 7 heteroatoms. The second-order valence-corrected chi connectivity index (χ2v) is 5.64. The molecule has 0 amide bonds. The van der Waals surface area contributed by atoms with Crippen molar-refractivity contribution >= 4 is 22.6 Å². The number of aryl methyl sites for hydroxylation is 1. The monoisotopic (exact) mass is 352 g/mol. The zero-order valence-electron chi connectivity index (χ0n) is 14.3. The largest absolute Gasteiger partial charge is 0.497 e. The quantitative estimate of drug-likeness (QED) is 0.394. The third kappa shape index (κ3) is 3.46. The standard InChI is InChI=1S/C19H16N2O5/c1-12-16(9-13-7-8-15(25-2)10-17(13)20-12)19(22)26-11-14-5-3-4-6-18(14)21(23)24/h3-10H,11H2,1-2H3. The number of fused-ring (bicyclic) bond motifs is 1. The highest BCUT2D eigenvalue weighted by Crippen LogP contribution is 2.23. The Bertz CT molecular complexity index is 1000. The maximum Gasteiger partial charge on any atom is 0.340 e. The van der Waals surface area contributed by atoms with Gasteiger partial charge in [-0.3, -0.25) is 15.1 Å². The van der Waals surface area contributed by atoms with Crippen molar-refractivity contribution in [2.24, 2.45) is 0 Å². The van der Waals surface area contributed by atoms with Gasteiger partial charge in [-0.05, 0) is 31.2 Å². The number of para-hydroxylation sites is 1. The van der Waals surface area contributed by atoms with E-state index in [9.17, 15) is 14.9 Å². The van der Waals surface area contributed by atoms with Crippen LogP contribution in [0.3, 0.4) is 0 Å². The van der Waals surface area contributed by atoms with Gasteiger partial charge in [0, 0.05) is 17.5 Å². The Hall–Kier alpha value is -3.48. The number of methoxy groups -OCH3 is 1. The Balaban J connectivity index is 1.84. The molecule has 1 heterocycles. The number of hydrogen-bond donors (Lipinski definition) is 0. The fourth-order valence-electron chi connectivity index (χ4n) is 2.61. The van der Waals surface area contributed by atoms with Crippen LogP contribution in [0.4, 0.5) is 5.69 Å². The van der Waals surface area contributed by atoms with Gasteiger partial charge in [-0.15, -0.1) is 0 Å². The molecule has 7 nitrogen and oxygen atoms in total. The number of carbonyl (C=O) groups excluding carboxylic acids is 1. The zero-order chi connectivity index (χ0) is 18.7. The van der Waals surface area contributed by atoms with Gasteiger partial charge in [0.15, 0.2) is 0 Å². The number of pyridine rings is 1. The van der Waals surface area contributed by atoms with Crippen molar-refractivity contribution in [2.75, 3.05) is 7.11 Å². The van der Waals surface area contributed by atoms with Gasteiger partial charge in [0.1, 0.15) is 12.4 Å². The summed E-state index contributed by atoms with van der Waals surface area (Å²) in [5.41, 5.74) is 1.79. The van der Waals surface area contributed by atoms with Crippen molar-refractivity contribution in [3.63, 3.8) is 0 Å². The predicted octanol–water partition coefficient (Wildman–Crippen LogP) is 3.82. The Kier molecular flexibility index (Phi) is 4.79. The third-order valence-corrected chi connectivity index (χ3v) is 3.98. The summed E-state index contributed by atoms with van der Waals surface area (Å²) in [5.74, 6) is 0.0991. The van der Waals surface area contributed by atoms with Crippen LogP contribution in [0.1, 0.15) is 21.6 Å². The summed E-state index contributed by atoms with van der Waals surface area (Å²) in [6, 6.07) is 13.2. The minimum Gasteiger partial charge on any atom is -0.497 e. The van der Waals surface area contributed by atoms with Gasteiger partial charge in [0.25, 0.3) is 5.69 Å². The minimum absolute atomic E-state index is 0.0826. The SMILES string of the molecule is COc1ccc2cc(C(=O)OCc3ccccc3[N+](=O)[O-])c(C)nc2c1. The number of aromatic nitrogens is 1. The molecule has 0 spiro atoms. The first-order valence-corrected chi connectivity index (χ1v) is 7.84. The van der Waals surface area contributed by atoms with E-state index in [-0.39, 0.29) is 12.3 Å². The van der Waals surface area contributed by atoms with E-state index in [0.717, 1.165) is 5.39 Å². The molecule has 0 radical (unpaired) electrons. The van der Waals surface area contributed by atoms with Crippen molar-refractivity contribution in [3.05, 3.63) is 75.5 Å². The van der Waals surface area contributed by atoms with Crippen LogP contribution in [-0.4, -0.2) is 23.0 Å². The highest BCUT2D eigenvalue weighted by molar-refractivity contribution is 5.95. The molecule has 0 fully saturated rings. The lowest BCUT2D eigenvalue weighted by Gasteiger charge is -2.09. The minimum atomic E-state index is -0.578. The Morgan fingerprint density at radius 1 is 1.19 bits per heavy atom. The predicted molar refractivity (Wildman–Crippen MR) is 95.2 cm³/mol. The van der Waals surface area contributed by atoms with Crippen LogP contribution in [-0.2, 0) is 11.3 Å². The first kappa shape index (κ1) is 17.3. The van der Waals surface area contributed by atoms with Crippen LogP contribution in [0.5, 0.6) is 5.75 Å². The summed E-state index contributed by atoms with van der Waals surface area (Å²) in [6.07, 6.45) is 0. The van der Waals surface area contributed by atoms with Crippen LogP contribution in [0, 0.1) is 17.0 Å². The fraction of sp³-hybridized carbons (Fsp3) is 0.158. The number of nitrogens with zero attached hydrogens (tertiary/aromatic N) is 2. The number of hydrogen-bond acceptors (Lipinski definition) is 6. The molecule has 0 unspecified atom stereocenters. The van der Waals surface area contributed by atoms with Crippen LogP contribution in [0.15, 0.2) is 48.5 Å². The molecule has 0 aliphatic rings. The van der Waals surface area contributed by atoms with E-state index in [1.807, 2.05) is 0 Å². The molecular weight excluding hydrogens is 336 g/mol. The summed E-state index contributed by atoms with van der Waals surface area (Å²) >= 11 is 0. The van der Waals surface area contributed by atoms with Crippen LogP contribution >= 0.6 is 0 Å². The molecule has 3 rings (SSSR count). The van der Waals surface area contributed by atoms with Crippen molar-refractivity contribution in [3.8, 4) is 5.75 Å². The molecule has 3 aromatic rings. The van der Waals surface area contributed by atoms with E-state index in [4.69, 9.17) is 9.47 Å². The summed E-state index contributed by atoms with van der Waals surface area (Å²) in [6.45, 7) is 1.52. The van der Waals surface area contributed by atoms with E-state index >= 15 is 0 Å². The first-order chi connectivity index (χ1) is 12.5. The second-order valence-electron chi connectivity index (χ2n) is 5.64. The maximum atomic E-state index is 12.4. The lowest BCUT2D eigenvalue weighted by molar-refractivity contribution is -0.385. The summed E-state index contributed by atoms with van der Waals surface area (Å²) in [7, 11) is 1.57. The van der Waals surface area contributed by atoms with E-state index in [0.29, 0.717) is 28.1 Å². The van der Waals surface area contributed by atoms with Gasteiger partial charge >= 0.3 is 5.97 Å². The molecular formula is C19H16N2O5. The molecule has 26 heavy (non-hydrogen) atoms. The van der Waals surface area contributed by atoms with Crippen molar-refractivity contribution in [1.82, 2.24) is 4.98 Å². The smallest absolute Gasteiger partial charge is 0.340 e. The van der Waals surface area contributed by atoms with E-state index in [2.05, 4.69) is 4.98 Å². The van der Waals surface area contributed by atoms with Crippen molar-refractivity contribution in [1.29, 1.82) is 0 Å². The maximum absolute atomic E-state index is 12.4. The molecule has 0 aliphatic heterocycles. The number of rotatable bonds is 5. The number of esters is 1. The molecule has 1 aromatic heterocycles. The zero-order valence-corrected chi connectivity index (χ0v) is 14.3. The lowest BCUT2D eigenvalue weighted by atomic mass is 10.1. The van der Waals surface area contributed by atoms with Gasteiger partial charge in [-0.2, -0.15) is 0 Å². The lowest BCUT2D eigenvalue weighted by Crippen LogP contribution is -2.09. The van der Waals surface area contributed by atoms with Crippen molar-refractivity contribution < 1.29 is 19.2 Å². The second kappa shape index (κ2) is 7.18. The Labute approximate surface area is 149 Å². The summed E-state index contributed by atoms with van der Waals surface area (Å²) in [5, 5.41) is 11.8.